The van der Waals surface area contributed by atoms with Crippen LogP contribution >= 0.6 is 0 Å². The number of hydrazone groups is 1. The van der Waals surface area contributed by atoms with Crippen LogP contribution in [0.5, 0.6) is 0 Å². The van der Waals surface area contributed by atoms with E-state index in [0.717, 1.165) is 11.1 Å². The maximum absolute atomic E-state index is 13.3. The summed E-state index contributed by atoms with van der Waals surface area (Å²) in [5, 5.41) is 2.76. The van der Waals surface area contributed by atoms with E-state index in [-0.39, 0.29) is 17.3 Å². The Morgan fingerprint density at radius 3 is 2.13 bits per heavy atom. The molecule has 2 amide bonds. The topological polar surface area (TPSA) is 61.2 Å². The quantitative estimate of drug-likeness (QED) is 0.637. The lowest BCUT2D eigenvalue weighted by Crippen LogP contribution is -2.42. The highest BCUT2D eigenvalue weighted by Crippen LogP contribution is 2.26. The highest BCUT2D eigenvalue weighted by molar-refractivity contribution is 5.98. The van der Waals surface area contributed by atoms with E-state index in [1.165, 1.54) is 36.4 Å². The van der Waals surface area contributed by atoms with Crippen LogP contribution in [0.15, 0.2) is 72.8 Å². The summed E-state index contributed by atoms with van der Waals surface area (Å²) in [4.78, 5) is 25.5. The maximum Gasteiger partial charge on any atom is 0.304 e. The molecule has 31 heavy (non-hydrogen) atoms. The van der Waals surface area contributed by atoms with Gasteiger partial charge in [-0.05, 0) is 55.5 Å². The van der Waals surface area contributed by atoms with E-state index in [9.17, 15) is 18.4 Å². The Morgan fingerprint density at radius 1 is 0.935 bits per heavy atom. The zero-order valence-corrected chi connectivity index (χ0v) is 16.7. The van der Waals surface area contributed by atoms with Crippen LogP contribution in [0.4, 0.5) is 8.78 Å². The van der Waals surface area contributed by atoms with Crippen molar-refractivity contribution in [1.29, 1.82) is 0 Å². The predicted molar refractivity (Wildman–Crippen MR) is 112 cm³/mol. The fourth-order valence-electron chi connectivity index (χ4n) is 3.48. The molecule has 2 N–H and O–H groups in total. The lowest BCUT2D eigenvalue weighted by atomic mass is 9.98. The molecular weight excluding hydrogens is 400 g/mol. The molecule has 4 rings (SSSR count). The number of carbonyl (C=O) groups excluding carboxylic acids is 2. The minimum atomic E-state index is -0.892. The second-order valence-electron chi connectivity index (χ2n) is 7.38. The van der Waals surface area contributed by atoms with Gasteiger partial charge in [0.2, 0.25) is 12.3 Å². The van der Waals surface area contributed by atoms with Gasteiger partial charge in [-0.15, -0.1) is 10.1 Å². The van der Waals surface area contributed by atoms with Crippen molar-refractivity contribution in [2.75, 3.05) is 0 Å². The average Bonchev–Trinajstić information content (AvgIpc) is 3.05. The summed E-state index contributed by atoms with van der Waals surface area (Å²) < 4.78 is 28.1. The fourth-order valence-corrected chi connectivity index (χ4v) is 3.48. The van der Waals surface area contributed by atoms with Gasteiger partial charge in [-0.25, -0.2) is 8.78 Å². The van der Waals surface area contributed by atoms with Crippen LogP contribution < -0.4 is 10.7 Å². The largest absolute Gasteiger partial charge is 0.334 e. The van der Waals surface area contributed by atoms with E-state index in [4.69, 9.17) is 0 Å². The van der Waals surface area contributed by atoms with Crippen molar-refractivity contribution in [3.05, 3.63) is 107 Å². The van der Waals surface area contributed by atoms with E-state index in [2.05, 4.69) is 10.7 Å². The molecule has 0 aliphatic carbocycles. The molecule has 0 unspecified atom stereocenters. The smallest absolute Gasteiger partial charge is 0.304 e. The number of nitrogens with one attached hydrogen (secondary N) is 2. The van der Waals surface area contributed by atoms with Crippen molar-refractivity contribution in [3.63, 3.8) is 0 Å². The number of hydrogen-bond donors (Lipinski definition) is 2. The summed E-state index contributed by atoms with van der Waals surface area (Å²) in [7, 11) is 0. The molecule has 2 atom stereocenters. The highest BCUT2D eigenvalue weighted by Gasteiger charge is 2.47. The van der Waals surface area contributed by atoms with Gasteiger partial charge in [-0.2, -0.15) is 0 Å². The van der Waals surface area contributed by atoms with E-state index in [1.807, 2.05) is 31.2 Å². The van der Waals surface area contributed by atoms with E-state index in [0.29, 0.717) is 5.56 Å². The predicted octanol–water partition coefficient (Wildman–Crippen LogP) is 3.29. The second kappa shape index (κ2) is 8.47. The van der Waals surface area contributed by atoms with Crippen molar-refractivity contribution in [2.45, 2.75) is 19.0 Å². The standard InChI is InChI=1S/C24H19F2N3O2/c1-15-2-6-17(7-3-15)22-21(27-23(30)18-8-12-20(26)13-9-18)24(31)28-29(22)14-16-4-10-19(25)11-5-16/h2-14,21-22H,1H3,(H-,27,28,30,31)/p+1/b29-14-/t21-,22+/m0/s1. The number of rotatable bonds is 4. The van der Waals surface area contributed by atoms with Crippen molar-refractivity contribution >= 4 is 18.0 Å². The number of nitrogens with zero attached hydrogens (tertiary/aromatic N) is 1. The van der Waals surface area contributed by atoms with Crippen LogP contribution in [0.25, 0.3) is 0 Å². The van der Waals surface area contributed by atoms with E-state index < -0.39 is 23.8 Å². The summed E-state index contributed by atoms with van der Waals surface area (Å²) in [5.41, 5.74) is 5.57. The van der Waals surface area contributed by atoms with Gasteiger partial charge in [-0.1, -0.05) is 29.8 Å². The van der Waals surface area contributed by atoms with Crippen molar-refractivity contribution in [2.24, 2.45) is 0 Å². The van der Waals surface area contributed by atoms with Crippen LogP contribution in [-0.4, -0.2) is 28.8 Å². The van der Waals surface area contributed by atoms with Gasteiger partial charge in [0.1, 0.15) is 11.6 Å². The first-order valence-electron chi connectivity index (χ1n) is 9.73. The highest BCUT2D eigenvalue weighted by atomic mass is 19.1. The molecule has 1 saturated heterocycles. The number of aryl methyl sites for hydroxylation is 1. The molecule has 1 heterocycles. The number of benzene rings is 3. The summed E-state index contributed by atoms with van der Waals surface area (Å²) in [6.45, 7) is 1.96. The van der Waals surface area contributed by atoms with Crippen LogP contribution in [0.1, 0.15) is 33.1 Å². The van der Waals surface area contributed by atoms with Gasteiger partial charge < -0.3 is 5.32 Å². The van der Waals surface area contributed by atoms with E-state index in [1.54, 1.807) is 23.0 Å². The number of hydrogen-bond acceptors (Lipinski definition) is 2. The zero-order chi connectivity index (χ0) is 22.0. The van der Waals surface area contributed by atoms with Crippen molar-refractivity contribution in [3.8, 4) is 0 Å². The number of amides is 2. The Balaban J connectivity index is 1.69. The number of carbonyl (C=O) groups is 2. The first-order valence-corrected chi connectivity index (χ1v) is 9.73. The Labute approximate surface area is 178 Å². The van der Waals surface area contributed by atoms with Crippen LogP contribution in [-0.2, 0) is 4.79 Å². The third-order valence-corrected chi connectivity index (χ3v) is 5.11. The first kappa shape index (κ1) is 20.4. The zero-order valence-electron chi connectivity index (χ0n) is 16.7. The monoisotopic (exact) mass is 420 g/mol. The molecule has 0 radical (unpaired) electrons. The van der Waals surface area contributed by atoms with Crippen LogP contribution in [0.3, 0.4) is 0 Å². The van der Waals surface area contributed by atoms with Gasteiger partial charge in [0.25, 0.3) is 5.91 Å². The summed E-state index contributed by atoms with van der Waals surface area (Å²) >= 11 is 0. The summed E-state index contributed by atoms with van der Waals surface area (Å²) in [6.07, 6.45) is 1.69. The molecule has 0 saturated carbocycles. The number of hydrazine groups is 1. The first-order chi connectivity index (χ1) is 14.9. The van der Waals surface area contributed by atoms with Gasteiger partial charge in [0, 0.05) is 16.7 Å². The molecule has 156 valence electrons. The van der Waals surface area contributed by atoms with Gasteiger partial charge in [0.15, 0.2) is 6.04 Å². The molecule has 1 aliphatic heterocycles. The van der Waals surface area contributed by atoms with Gasteiger partial charge in [-0.3, -0.25) is 9.59 Å². The van der Waals surface area contributed by atoms with Crippen molar-refractivity contribution in [1.82, 2.24) is 10.7 Å². The molecule has 5 nitrogen and oxygen atoms in total. The maximum atomic E-state index is 13.3. The van der Waals surface area contributed by atoms with Crippen molar-refractivity contribution < 1.29 is 23.1 Å². The Hall–Kier alpha value is -3.87. The van der Waals surface area contributed by atoms with Gasteiger partial charge >= 0.3 is 5.91 Å². The summed E-state index contributed by atoms with van der Waals surface area (Å²) in [6, 6.07) is 17.2. The Bertz CT molecular complexity index is 1140. The molecule has 3 aromatic rings. The number of halogens is 2. The second-order valence-corrected chi connectivity index (χ2v) is 7.38. The lowest BCUT2D eigenvalue weighted by molar-refractivity contribution is -0.596. The Morgan fingerprint density at radius 2 is 1.52 bits per heavy atom. The molecule has 0 spiro atoms. The fraction of sp³-hybridized carbons (Fsp3) is 0.125. The lowest BCUT2D eigenvalue weighted by Gasteiger charge is -2.15. The third-order valence-electron chi connectivity index (χ3n) is 5.11. The Kier molecular flexibility index (Phi) is 5.58. The minimum Gasteiger partial charge on any atom is -0.334 e. The van der Waals surface area contributed by atoms with Crippen LogP contribution in [0, 0.1) is 18.6 Å². The molecule has 0 aromatic heterocycles. The van der Waals surface area contributed by atoms with Gasteiger partial charge in [0.05, 0.1) is 0 Å². The average molecular weight is 420 g/mol. The van der Waals surface area contributed by atoms with Crippen LogP contribution in [0.2, 0.25) is 0 Å². The molecule has 0 bridgehead atoms. The minimum absolute atomic E-state index is 0.248. The summed E-state index contributed by atoms with van der Waals surface area (Å²) in [5.74, 6) is -1.69. The molecule has 1 aliphatic rings. The SMILES string of the molecule is Cc1ccc([C@@H]2[C@H](NC(=O)c3ccc(F)cc3)C(=O)N/[N+]2=C\c2ccc(F)cc2)cc1. The normalized spacial score (nSPS) is 19.3. The molecule has 1 fully saturated rings. The molecule has 3 aromatic carbocycles. The third kappa shape index (κ3) is 4.50. The molecular formula is C24H20F2N3O2+. The van der Waals surface area contributed by atoms with E-state index >= 15 is 0 Å². The molecule has 7 heteroatoms.